The van der Waals surface area contributed by atoms with Gasteiger partial charge in [0.25, 0.3) is 0 Å². The molecule has 0 aliphatic heterocycles. The van der Waals surface area contributed by atoms with Crippen LogP contribution in [0.15, 0.2) is 18.2 Å². The molecule has 1 nitrogen and oxygen atoms in total. The van der Waals surface area contributed by atoms with Crippen LogP contribution in [0.25, 0.3) is 0 Å². The van der Waals surface area contributed by atoms with Gasteiger partial charge in [-0.05, 0) is 50.0 Å². The van der Waals surface area contributed by atoms with Crippen molar-refractivity contribution in [1.29, 1.82) is 0 Å². The Bertz CT molecular complexity index is 313. The number of hydrogen-bond donors (Lipinski definition) is 1. The minimum absolute atomic E-state index is 0.745. The Hall–Kier alpha value is -0.960. The number of unbranched alkanes of at least 4 members (excludes halogenated alkanes) is 2. The van der Waals surface area contributed by atoms with Crippen molar-refractivity contribution in [2.75, 3.05) is 13.1 Å². The van der Waals surface area contributed by atoms with Gasteiger partial charge in [-0.15, -0.1) is 0 Å². The van der Waals surface area contributed by atoms with Crippen molar-refractivity contribution in [1.82, 2.24) is 5.32 Å². The van der Waals surface area contributed by atoms with Crippen LogP contribution < -0.4 is 5.32 Å². The van der Waals surface area contributed by atoms with Gasteiger partial charge in [0.1, 0.15) is 0 Å². The zero-order valence-electron chi connectivity index (χ0n) is 9.73. The highest BCUT2D eigenvalue weighted by atomic mass is 19.2. The van der Waals surface area contributed by atoms with Gasteiger partial charge in [0.2, 0.25) is 0 Å². The Kier molecular flexibility index (Phi) is 6.01. The molecular formula is C13H19F2N. The predicted molar refractivity (Wildman–Crippen MR) is 62.5 cm³/mol. The lowest BCUT2D eigenvalue weighted by Gasteiger charge is -2.03. The van der Waals surface area contributed by atoms with E-state index in [0.29, 0.717) is 0 Å². The van der Waals surface area contributed by atoms with Crippen LogP contribution in [-0.2, 0) is 6.42 Å². The smallest absolute Gasteiger partial charge is 0.159 e. The lowest BCUT2D eigenvalue weighted by molar-refractivity contribution is 0.506. The molecule has 16 heavy (non-hydrogen) atoms. The highest BCUT2D eigenvalue weighted by Gasteiger charge is 2.01. The number of hydrogen-bond acceptors (Lipinski definition) is 1. The van der Waals surface area contributed by atoms with E-state index in [2.05, 4.69) is 12.2 Å². The summed E-state index contributed by atoms with van der Waals surface area (Å²) in [6.45, 7) is 4.12. The Morgan fingerprint density at radius 1 is 1.06 bits per heavy atom. The molecule has 0 fully saturated rings. The average Bonchev–Trinajstić information content (AvgIpc) is 2.28. The van der Waals surface area contributed by atoms with Crippen molar-refractivity contribution in [3.05, 3.63) is 35.4 Å². The molecule has 0 atom stereocenters. The molecule has 0 heterocycles. The fraction of sp³-hybridized carbons (Fsp3) is 0.538. The van der Waals surface area contributed by atoms with E-state index in [1.807, 2.05) is 0 Å². The molecule has 0 spiro atoms. The first-order valence-electron chi connectivity index (χ1n) is 5.88. The Labute approximate surface area is 95.9 Å². The molecule has 1 N–H and O–H groups in total. The molecule has 0 bridgehead atoms. The number of nitrogens with one attached hydrogen (secondary N) is 1. The highest BCUT2D eigenvalue weighted by Crippen LogP contribution is 2.11. The molecule has 0 saturated heterocycles. The van der Waals surface area contributed by atoms with Crippen LogP contribution in [0.4, 0.5) is 8.78 Å². The molecule has 0 saturated carbocycles. The van der Waals surface area contributed by atoms with E-state index in [9.17, 15) is 8.78 Å². The topological polar surface area (TPSA) is 12.0 Å². The Balaban J connectivity index is 2.19. The van der Waals surface area contributed by atoms with E-state index in [-0.39, 0.29) is 0 Å². The summed E-state index contributed by atoms with van der Waals surface area (Å²) in [5.74, 6) is -1.51. The summed E-state index contributed by atoms with van der Waals surface area (Å²) in [5, 5.41) is 3.25. The van der Waals surface area contributed by atoms with Gasteiger partial charge in [0, 0.05) is 0 Å². The Morgan fingerprint density at radius 3 is 2.56 bits per heavy atom. The molecule has 90 valence electrons. The number of halogens is 2. The van der Waals surface area contributed by atoms with E-state index < -0.39 is 11.6 Å². The van der Waals surface area contributed by atoms with Crippen LogP contribution in [0.2, 0.25) is 0 Å². The van der Waals surface area contributed by atoms with Gasteiger partial charge < -0.3 is 5.32 Å². The molecule has 0 aromatic heterocycles. The first-order valence-corrected chi connectivity index (χ1v) is 5.88. The van der Waals surface area contributed by atoms with Gasteiger partial charge in [-0.2, -0.15) is 0 Å². The number of benzene rings is 1. The number of rotatable bonds is 7. The molecule has 1 rings (SSSR count). The first-order chi connectivity index (χ1) is 7.74. The lowest BCUT2D eigenvalue weighted by atomic mass is 10.1. The highest BCUT2D eigenvalue weighted by molar-refractivity contribution is 5.17. The summed E-state index contributed by atoms with van der Waals surface area (Å²) in [6.07, 6.45) is 4.10. The van der Waals surface area contributed by atoms with Crippen LogP contribution in [0, 0.1) is 11.6 Å². The van der Waals surface area contributed by atoms with Gasteiger partial charge in [-0.1, -0.05) is 19.4 Å². The van der Waals surface area contributed by atoms with E-state index >= 15 is 0 Å². The molecular weight excluding hydrogens is 208 g/mol. The molecule has 0 unspecified atom stereocenters. The molecule has 3 heteroatoms. The minimum Gasteiger partial charge on any atom is -0.317 e. The zero-order chi connectivity index (χ0) is 11.8. The Morgan fingerprint density at radius 2 is 1.88 bits per heavy atom. The molecule has 0 radical (unpaired) electrons. The SMILES string of the molecule is CCNCCCCCc1ccc(F)c(F)c1. The maximum Gasteiger partial charge on any atom is 0.159 e. The molecule has 0 aliphatic carbocycles. The van der Waals surface area contributed by atoms with Crippen molar-refractivity contribution in [3.8, 4) is 0 Å². The zero-order valence-corrected chi connectivity index (χ0v) is 9.73. The summed E-state index contributed by atoms with van der Waals surface area (Å²) in [6, 6.07) is 4.14. The van der Waals surface area contributed by atoms with E-state index in [1.54, 1.807) is 6.07 Å². The second-order valence-electron chi connectivity index (χ2n) is 3.91. The summed E-state index contributed by atoms with van der Waals surface area (Å²) in [4.78, 5) is 0. The van der Waals surface area contributed by atoms with Gasteiger partial charge in [0.05, 0.1) is 0 Å². The van der Waals surface area contributed by atoms with E-state index in [4.69, 9.17) is 0 Å². The molecule has 0 amide bonds. The largest absolute Gasteiger partial charge is 0.317 e. The normalized spacial score (nSPS) is 10.7. The van der Waals surface area contributed by atoms with Crippen molar-refractivity contribution >= 4 is 0 Å². The average molecular weight is 227 g/mol. The maximum absolute atomic E-state index is 12.9. The minimum atomic E-state index is -0.768. The third-order valence-corrected chi connectivity index (χ3v) is 2.55. The number of aryl methyl sites for hydroxylation is 1. The standard InChI is InChI=1S/C13H19F2N/c1-2-16-9-5-3-4-6-11-7-8-12(14)13(15)10-11/h7-8,10,16H,2-6,9H2,1H3. The van der Waals surface area contributed by atoms with Gasteiger partial charge in [0.15, 0.2) is 11.6 Å². The maximum atomic E-state index is 12.9. The van der Waals surface area contributed by atoms with Crippen molar-refractivity contribution in [2.24, 2.45) is 0 Å². The third kappa shape index (κ3) is 4.71. The van der Waals surface area contributed by atoms with Gasteiger partial charge in [-0.25, -0.2) is 8.78 Å². The van der Waals surface area contributed by atoms with Crippen LogP contribution in [0.5, 0.6) is 0 Å². The second-order valence-corrected chi connectivity index (χ2v) is 3.91. The van der Waals surface area contributed by atoms with Gasteiger partial charge in [-0.3, -0.25) is 0 Å². The summed E-state index contributed by atoms with van der Waals surface area (Å²) >= 11 is 0. The molecule has 0 aliphatic rings. The van der Waals surface area contributed by atoms with Crippen LogP contribution in [0.1, 0.15) is 31.7 Å². The first kappa shape index (κ1) is 13.1. The predicted octanol–water partition coefficient (Wildman–Crippen LogP) is 3.29. The van der Waals surface area contributed by atoms with Crippen molar-refractivity contribution in [3.63, 3.8) is 0 Å². The van der Waals surface area contributed by atoms with Crippen molar-refractivity contribution < 1.29 is 8.78 Å². The van der Waals surface area contributed by atoms with Gasteiger partial charge >= 0.3 is 0 Å². The summed E-state index contributed by atoms with van der Waals surface area (Å²) in [5.41, 5.74) is 0.877. The van der Waals surface area contributed by atoms with E-state index in [1.165, 1.54) is 12.1 Å². The fourth-order valence-corrected chi connectivity index (χ4v) is 1.63. The third-order valence-electron chi connectivity index (χ3n) is 2.55. The molecule has 1 aromatic carbocycles. The second kappa shape index (κ2) is 7.34. The van der Waals surface area contributed by atoms with Crippen LogP contribution in [-0.4, -0.2) is 13.1 Å². The lowest BCUT2D eigenvalue weighted by Crippen LogP contribution is -2.13. The monoisotopic (exact) mass is 227 g/mol. The summed E-state index contributed by atoms with van der Waals surface area (Å²) in [7, 11) is 0. The fourth-order valence-electron chi connectivity index (χ4n) is 1.63. The quantitative estimate of drug-likeness (QED) is 0.705. The van der Waals surface area contributed by atoms with Crippen LogP contribution in [0.3, 0.4) is 0 Å². The summed E-state index contributed by atoms with van der Waals surface area (Å²) < 4.78 is 25.5. The van der Waals surface area contributed by atoms with Crippen LogP contribution >= 0.6 is 0 Å². The molecule has 1 aromatic rings. The van der Waals surface area contributed by atoms with E-state index in [0.717, 1.165) is 44.3 Å². The van der Waals surface area contributed by atoms with Crippen molar-refractivity contribution in [2.45, 2.75) is 32.6 Å².